The fraction of sp³-hybridized carbons (Fsp3) is 0.333. The molecule has 0 bridgehead atoms. The molecule has 98 valence electrons. The van der Waals surface area contributed by atoms with E-state index in [1.165, 1.54) is 7.05 Å². The van der Waals surface area contributed by atoms with Crippen LogP contribution in [0.2, 0.25) is 0 Å². The minimum atomic E-state index is -0.429. The van der Waals surface area contributed by atoms with Crippen molar-refractivity contribution in [3.63, 3.8) is 0 Å². The second-order valence-corrected chi connectivity index (χ2v) is 3.33. The fourth-order valence-corrected chi connectivity index (χ4v) is 1.20. The highest BCUT2D eigenvalue weighted by molar-refractivity contribution is 5.89. The van der Waals surface area contributed by atoms with Crippen molar-refractivity contribution in [2.24, 2.45) is 0 Å². The van der Waals surface area contributed by atoms with Gasteiger partial charge in [-0.15, -0.1) is 0 Å². The van der Waals surface area contributed by atoms with Crippen LogP contribution in [0.15, 0.2) is 24.3 Å². The van der Waals surface area contributed by atoms with Gasteiger partial charge in [-0.2, -0.15) is 0 Å². The predicted octanol–water partition coefficient (Wildman–Crippen LogP) is 1.38. The Labute approximate surface area is 105 Å². The first-order chi connectivity index (χ1) is 8.65. The molecule has 0 heterocycles. The molecule has 0 aliphatic heterocycles. The van der Waals surface area contributed by atoms with Gasteiger partial charge in [0.25, 0.3) is 0 Å². The molecule has 0 aromatic heterocycles. The van der Waals surface area contributed by atoms with Crippen molar-refractivity contribution in [1.29, 1.82) is 0 Å². The van der Waals surface area contributed by atoms with Crippen LogP contribution in [0.4, 0.5) is 10.5 Å². The summed E-state index contributed by atoms with van der Waals surface area (Å²) in [5, 5.41) is 5.03. The van der Waals surface area contributed by atoms with Gasteiger partial charge in [-0.1, -0.05) is 6.07 Å². The van der Waals surface area contributed by atoms with Crippen molar-refractivity contribution in [2.75, 3.05) is 25.6 Å². The van der Waals surface area contributed by atoms with Crippen molar-refractivity contribution in [2.45, 2.75) is 6.92 Å². The summed E-state index contributed by atoms with van der Waals surface area (Å²) >= 11 is 0. The first-order valence-electron chi connectivity index (χ1n) is 5.53. The summed E-state index contributed by atoms with van der Waals surface area (Å²) in [6.07, 6.45) is 0. The Balaban J connectivity index is 2.54. The van der Waals surface area contributed by atoms with Crippen LogP contribution < -0.4 is 15.4 Å². The van der Waals surface area contributed by atoms with Crippen LogP contribution in [0.1, 0.15) is 6.92 Å². The normalized spacial score (nSPS) is 9.44. The molecule has 1 aromatic rings. The molecule has 0 aliphatic rings. The number of benzene rings is 1. The van der Waals surface area contributed by atoms with Gasteiger partial charge in [-0.25, -0.2) is 9.59 Å². The van der Waals surface area contributed by atoms with Crippen LogP contribution in [0.5, 0.6) is 5.75 Å². The third kappa shape index (κ3) is 4.73. The summed E-state index contributed by atoms with van der Waals surface area (Å²) in [6, 6.07) is 6.42. The fourth-order valence-electron chi connectivity index (χ4n) is 1.20. The van der Waals surface area contributed by atoms with Crippen molar-refractivity contribution in [3.8, 4) is 5.75 Å². The molecule has 6 nitrogen and oxygen atoms in total. The van der Waals surface area contributed by atoms with Gasteiger partial charge >= 0.3 is 12.0 Å². The molecule has 6 heteroatoms. The third-order valence-corrected chi connectivity index (χ3v) is 1.98. The van der Waals surface area contributed by atoms with E-state index in [2.05, 4.69) is 10.6 Å². The largest absolute Gasteiger partial charge is 0.482 e. The molecule has 2 amide bonds. The van der Waals surface area contributed by atoms with Crippen molar-refractivity contribution in [3.05, 3.63) is 24.3 Å². The number of amides is 2. The van der Waals surface area contributed by atoms with Crippen molar-refractivity contribution >= 4 is 17.7 Å². The number of hydrogen-bond acceptors (Lipinski definition) is 4. The second-order valence-electron chi connectivity index (χ2n) is 3.33. The summed E-state index contributed by atoms with van der Waals surface area (Å²) in [5.74, 6) is 0.0547. The highest BCUT2D eigenvalue weighted by atomic mass is 16.6. The number of urea groups is 1. The quantitative estimate of drug-likeness (QED) is 0.776. The first-order valence-corrected chi connectivity index (χ1v) is 5.53. The highest BCUT2D eigenvalue weighted by Gasteiger charge is 2.04. The molecule has 2 N–H and O–H groups in total. The van der Waals surface area contributed by atoms with Crippen molar-refractivity contribution < 1.29 is 19.1 Å². The van der Waals surface area contributed by atoms with Crippen LogP contribution in [-0.4, -0.2) is 32.3 Å². The zero-order chi connectivity index (χ0) is 13.4. The molecular weight excluding hydrogens is 236 g/mol. The number of carbonyl (C=O) groups is 2. The minimum absolute atomic E-state index is 0.155. The maximum atomic E-state index is 11.1. The summed E-state index contributed by atoms with van der Waals surface area (Å²) in [5.41, 5.74) is 0.579. The van der Waals surface area contributed by atoms with Crippen molar-refractivity contribution in [1.82, 2.24) is 5.32 Å². The molecule has 0 fully saturated rings. The number of esters is 1. The number of anilines is 1. The molecule has 1 aromatic carbocycles. The van der Waals surface area contributed by atoms with Crippen LogP contribution in [0.25, 0.3) is 0 Å². The standard InChI is InChI=1S/C12H16N2O4/c1-3-17-11(15)8-18-10-6-4-5-9(7-10)14-12(16)13-2/h4-7H,3,8H2,1-2H3,(H2,13,14,16). The Bertz CT molecular complexity index is 420. The lowest BCUT2D eigenvalue weighted by atomic mass is 10.3. The Morgan fingerprint density at radius 1 is 1.33 bits per heavy atom. The van der Waals surface area contributed by atoms with E-state index < -0.39 is 5.97 Å². The highest BCUT2D eigenvalue weighted by Crippen LogP contribution is 2.17. The molecular formula is C12H16N2O4. The Morgan fingerprint density at radius 2 is 2.11 bits per heavy atom. The number of rotatable bonds is 5. The summed E-state index contributed by atoms with van der Waals surface area (Å²) in [6.45, 7) is 1.89. The van der Waals surface area contributed by atoms with Gasteiger partial charge in [-0.05, 0) is 19.1 Å². The smallest absolute Gasteiger partial charge is 0.344 e. The van der Waals surface area contributed by atoms with E-state index in [1.807, 2.05) is 0 Å². The average Bonchev–Trinajstić information content (AvgIpc) is 2.37. The molecule has 0 radical (unpaired) electrons. The summed E-state index contributed by atoms with van der Waals surface area (Å²) < 4.78 is 9.96. The lowest BCUT2D eigenvalue weighted by Crippen LogP contribution is -2.24. The van der Waals surface area contributed by atoms with E-state index in [1.54, 1.807) is 31.2 Å². The molecule has 0 saturated carbocycles. The van der Waals surface area contributed by atoms with E-state index in [4.69, 9.17) is 9.47 Å². The van der Waals surface area contributed by atoms with Gasteiger partial charge in [0.05, 0.1) is 6.61 Å². The monoisotopic (exact) mass is 252 g/mol. The number of hydrogen-bond donors (Lipinski definition) is 2. The SMILES string of the molecule is CCOC(=O)COc1cccc(NC(=O)NC)c1. The predicted molar refractivity (Wildman–Crippen MR) is 66.6 cm³/mol. The zero-order valence-corrected chi connectivity index (χ0v) is 10.4. The van der Waals surface area contributed by atoms with Gasteiger partial charge in [0.1, 0.15) is 5.75 Å². The van der Waals surface area contributed by atoms with E-state index in [-0.39, 0.29) is 12.6 Å². The maximum absolute atomic E-state index is 11.1. The summed E-state index contributed by atoms with van der Waals surface area (Å²) in [4.78, 5) is 22.2. The van der Waals surface area contributed by atoms with Gasteiger partial charge in [0.15, 0.2) is 6.61 Å². The van der Waals surface area contributed by atoms with Crippen LogP contribution in [-0.2, 0) is 9.53 Å². The minimum Gasteiger partial charge on any atom is -0.482 e. The van der Waals surface area contributed by atoms with Gasteiger partial charge in [-0.3, -0.25) is 0 Å². The van der Waals surface area contributed by atoms with E-state index in [0.29, 0.717) is 18.0 Å². The average molecular weight is 252 g/mol. The van der Waals surface area contributed by atoms with Crippen LogP contribution in [0.3, 0.4) is 0 Å². The Morgan fingerprint density at radius 3 is 2.78 bits per heavy atom. The zero-order valence-electron chi connectivity index (χ0n) is 10.4. The Hall–Kier alpha value is -2.24. The van der Waals surface area contributed by atoms with E-state index >= 15 is 0 Å². The maximum Gasteiger partial charge on any atom is 0.344 e. The Kier molecular flexibility index (Phi) is 5.50. The van der Waals surface area contributed by atoms with Crippen LogP contribution >= 0.6 is 0 Å². The van der Waals surface area contributed by atoms with Crippen LogP contribution in [0, 0.1) is 0 Å². The third-order valence-electron chi connectivity index (χ3n) is 1.98. The topological polar surface area (TPSA) is 76.7 Å². The number of nitrogens with one attached hydrogen (secondary N) is 2. The van der Waals surface area contributed by atoms with E-state index in [0.717, 1.165) is 0 Å². The molecule has 1 rings (SSSR count). The van der Waals surface area contributed by atoms with Gasteiger partial charge in [0.2, 0.25) is 0 Å². The molecule has 0 unspecified atom stereocenters. The number of carbonyl (C=O) groups excluding carboxylic acids is 2. The van der Waals surface area contributed by atoms with Gasteiger partial charge < -0.3 is 20.1 Å². The van der Waals surface area contributed by atoms with E-state index in [9.17, 15) is 9.59 Å². The lowest BCUT2D eigenvalue weighted by molar-refractivity contribution is -0.145. The molecule has 0 spiro atoms. The molecule has 18 heavy (non-hydrogen) atoms. The summed E-state index contributed by atoms with van der Waals surface area (Å²) in [7, 11) is 1.52. The van der Waals surface area contributed by atoms with Gasteiger partial charge in [0, 0.05) is 18.8 Å². The molecule has 0 saturated heterocycles. The number of ether oxygens (including phenoxy) is 2. The molecule has 0 atom stereocenters. The first kappa shape index (κ1) is 13.8. The second kappa shape index (κ2) is 7.16. The lowest BCUT2D eigenvalue weighted by Gasteiger charge is -2.08. The molecule has 0 aliphatic carbocycles.